The van der Waals surface area contributed by atoms with Crippen molar-refractivity contribution in [3.05, 3.63) is 71.9 Å². The van der Waals surface area contributed by atoms with Crippen LogP contribution in [0.3, 0.4) is 0 Å². The Kier molecular flexibility index (Phi) is 4.78. The molecule has 3 aromatic rings. The maximum atomic E-state index is 13.3. The first-order valence-corrected chi connectivity index (χ1v) is 7.59. The lowest BCUT2D eigenvalue weighted by Gasteiger charge is -2.18. The van der Waals surface area contributed by atoms with Gasteiger partial charge in [-0.15, -0.1) is 10.2 Å². The number of nitrogens with zero attached hydrogens (tertiary/aromatic N) is 3. The Bertz CT molecular complexity index is 758. The van der Waals surface area contributed by atoms with Gasteiger partial charge in [0.15, 0.2) is 0 Å². The number of hydrogen-bond donors (Lipinski definition) is 0. The molecule has 0 aliphatic carbocycles. The van der Waals surface area contributed by atoms with E-state index >= 15 is 0 Å². The second-order valence-electron chi connectivity index (χ2n) is 5.30. The van der Waals surface area contributed by atoms with E-state index in [2.05, 4.69) is 15.1 Å². The van der Waals surface area contributed by atoms with Crippen molar-refractivity contribution in [2.75, 3.05) is 6.54 Å². The van der Waals surface area contributed by atoms with Crippen LogP contribution in [-0.4, -0.2) is 21.6 Å². The van der Waals surface area contributed by atoms with Crippen LogP contribution < -0.4 is 0 Å². The van der Waals surface area contributed by atoms with Gasteiger partial charge in [-0.25, -0.2) is 4.39 Å². The summed E-state index contributed by atoms with van der Waals surface area (Å²) >= 11 is 0. The molecule has 0 N–H and O–H groups in total. The van der Waals surface area contributed by atoms with Crippen molar-refractivity contribution in [2.45, 2.75) is 20.0 Å². The molecular formula is C18H18FN3O. The Morgan fingerprint density at radius 1 is 1.00 bits per heavy atom. The standard InChI is InChI=1S/C18H18FN3O/c1-2-22(12-14-7-6-10-16(19)11-14)13-17-20-21-18(23-17)15-8-4-3-5-9-15/h3-11H,2,12-13H2,1H3. The van der Waals surface area contributed by atoms with E-state index in [-0.39, 0.29) is 5.82 Å². The highest BCUT2D eigenvalue weighted by atomic mass is 19.1. The molecule has 0 saturated carbocycles. The van der Waals surface area contributed by atoms with E-state index in [1.807, 2.05) is 43.3 Å². The highest BCUT2D eigenvalue weighted by Crippen LogP contribution is 2.18. The molecule has 0 unspecified atom stereocenters. The summed E-state index contributed by atoms with van der Waals surface area (Å²) in [6, 6.07) is 16.3. The second-order valence-corrected chi connectivity index (χ2v) is 5.30. The fraction of sp³-hybridized carbons (Fsp3) is 0.222. The molecule has 23 heavy (non-hydrogen) atoms. The summed E-state index contributed by atoms with van der Waals surface area (Å²) in [6.07, 6.45) is 0. The van der Waals surface area contributed by atoms with Gasteiger partial charge < -0.3 is 4.42 Å². The quantitative estimate of drug-likeness (QED) is 0.692. The summed E-state index contributed by atoms with van der Waals surface area (Å²) in [4.78, 5) is 2.12. The molecule has 4 nitrogen and oxygen atoms in total. The van der Waals surface area contributed by atoms with Crippen LogP contribution in [0.5, 0.6) is 0 Å². The maximum absolute atomic E-state index is 13.3. The molecule has 0 radical (unpaired) electrons. The Morgan fingerprint density at radius 3 is 2.57 bits per heavy atom. The van der Waals surface area contributed by atoms with E-state index < -0.39 is 0 Å². The normalized spacial score (nSPS) is 11.1. The Hall–Kier alpha value is -2.53. The molecule has 0 spiro atoms. The van der Waals surface area contributed by atoms with Crippen molar-refractivity contribution in [3.63, 3.8) is 0 Å². The molecule has 118 valence electrons. The van der Waals surface area contributed by atoms with E-state index in [0.717, 1.165) is 17.7 Å². The zero-order valence-electron chi connectivity index (χ0n) is 12.9. The average Bonchev–Trinajstić information content (AvgIpc) is 3.04. The van der Waals surface area contributed by atoms with Gasteiger partial charge in [0.2, 0.25) is 11.8 Å². The minimum Gasteiger partial charge on any atom is -0.419 e. The van der Waals surface area contributed by atoms with E-state index in [9.17, 15) is 4.39 Å². The number of aromatic nitrogens is 2. The largest absolute Gasteiger partial charge is 0.419 e. The lowest BCUT2D eigenvalue weighted by atomic mass is 10.2. The monoisotopic (exact) mass is 311 g/mol. The van der Waals surface area contributed by atoms with Crippen LogP contribution in [0.15, 0.2) is 59.0 Å². The van der Waals surface area contributed by atoms with Gasteiger partial charge in [0.25, 0.3) is 0 Å². The van der Waals surface area contributed by atoms with Gasteiger partial charge in [-0.05, 0) is 36.4 Å². The van der Waals surface area contributed by atoms with Crippen molar-refractivity contribution < 1.29 is 8.81 Å². The van der Waals surface area contributed by atoms with Crippen LogP contribution in [0.4, 0.5) is 4.39 Å². The van der Waals surface area contributed by atoms with Gasteiger partial charge in [0, 0.05) is 12.1 Å². The molecule has 0 bridgehead atoms. The molecular weight excluding hydrogens is 293 g/mol. The first-order chi connectivity index (χ1) is 11.2. The number of hydrogen-bond acceptors (Lipinski definition) is 4. The summed E-state index contributed by atoms with van der Waals surface area (Å²) in [5, 5.41) is 8.20. The molecule has 1 aromatic heterocycles. The van der Waals surface area contributed by atoms with E-state index in [0.29, 0.717) is 24.9 Å². The highest BCUT2D eigenvalue weighted by molar-refractivity contribution is 5.51. The van der Waals surface area contributed by atoms with Crippen molar-refractivity contribution in [1.82, 2.24) is 15.1 Å². The van der Waals surface area contributed by atoms with Gasteiger partial charge in [-0.3, -0.25) is 4.90 Å². The van der Waals surface area contributed by atoms with E-state index in [1.165, 1.54) is 6.07 Å². The summed E-state index contributed by atoms with van der Waals surface area (Å²) in [6.45, 7) is 4.03. The third kappa shape index (κ3) is 4.02. The van der Waals surface area contributed by atoms with Crippen molar-refractivity contribution in [1.29, 1.82) is 0 Å². The van der Waals surface area contributed by atoms with Crippen molar-refractivity contribution in [2.24, 2.45) is 0 Å². The van der Waals surface area contributed by atoms with Crippen LogP contribution in [0, 0.1) is 5.82 Å². The number of rotatable bonds is 6. The van der Waals surface area contributed by atoms with Crippen LogP contribution in [-0.2, 0) is 13.1 Å². The van der Waals surface area contributed by atoms with Crippen LogP contribution in [0.2, 0.25) is 0 Å². The van der Waals surface area contributed by atoms with E-state index in [4.69, 9.17) is 4.42 Å². The number of halogens is 1. The first kappa shape index (κ1) is 15.4. The molecule has 0 saturated heterocycles. The SMILES string of the molecule is CCN(Cc1cccc(F)c1)Cc1nnc(-c2ccccc2)o1. The zero-order chi connectivity index (χ0) is 16.1. The fourth-order valence-corrected chi connectivity index (χ4v) is 2.38. The van der Waals surface area contributed by atoms with Gasteiger partial charge in [-0.2, -0.15) is 0 Å². The molecule has 3 rings (SSSR count). The highest BCUT2D eigenvalue weighted by Gasteiger charge is 2.12. The zero-order valence-corrected chi connectivity index (χ0v) is 12.9. The predicted molar refractivity (Wildman–Crippen MR) is 85.9 cm³/mol. The predicted octanol–water partition coefficient (Wildman–Crippen LogP) is 3.90. The third-order valence-electron chi connectivity index (χ3n) is 3.59. The average molecular weight is 311 g/mol. The molecule has 0 aliphatic rings. The minimum atomic E-state index is -0.220. The summed E-state index contributed by atoms with van der Waals surface area (Å²) < 4.78 is 19.0. The topological polar surface area (TPSA) is 42.2 Å². The fourth-order valence-electron chi connectivity index (χ4n) is 2.38. The summed E-state index contributed by atoms with van der Waals surface area (Å²) in [5.41, 5.74) is 1.83. The summed E-state index contributed by atoms with van der Waals surface area (Å²) in [7, 11) is 0. The Morgan fingerprint density at radius 2 is 1.83 bits per heavy atom. The van der Waals surface area contributed by atoms with Gasteiger partial charge in [-0.1, -0.05) is 37.3 Å². The second kappa shape index (κ2) is 7.15. The smallest absolute Gasteiger partial charge is 0.247 e. The van der Waals surface area contributed by atoms with E-state index in [1.54, 1.807) is 12.1 Å². The van der Waals surface area contributed by atoms with Crippen molar-refractivity contribution >= 4 is 0 Å². The summed E-state index contributed by atoms with van der Waals surface area (Å²) in [5.74, 6) is 0.854. The van der Waals surface area contributed by atoms with Gasteiger partial charge in [0.1, 0.15) is 5.82 Å². The molecule has 0 atom stereocenters. The third-order valence-corrected chi connectivity index (χ3v) is 3.59. The lowest BCUT2D eigenvalue weighted by Crippen LogP contribution is -2.22. The minimum absolute atomic E-state index is 0.220. The van der Waals surface area contributed by atoms with Crippen LogP contribution in [0.1, 0.15) is 18.4 Å². The molecule has 5 heteroatoms. The Labute approximate surface area is 134 Å². The first-order valence-electron chi connectivity index (χ1n) is 7.59. The maximum Gasteiger partial charge on any atom is 0.247 e. The molecule has 0 fully saturated rings. The van der Waals surface area contributed by atoms with Crippen molar-refractivity contribution in [3.8, 4) is 11.5 Å². The Balaban J connectivity index is 1.69. The lowest BCUT2D eigenvalue weighted by molar-refractivity contribution is 0.243. The number of benzene rings is 2. The van der Waals surface area contributed by atoms with Gasteiger partial charge in [0.05, 0.1) is 6.54 Å². The van der Waals surface area contributed by atoms with Gasteiger partial charge >= 0.3 is 0 Å². The molecule has 0 aliphatic heterocycles. The molecule has 2 aromatic carbocycles. The molecule has 0 amide bonds. The van der Waals surface area contributed by atoms with Crippen LogP contribution in [0.25, 0.3) is 11.5 Å². The van der Waals surface area contributed by atoms with Crippen LogP contribution >= 0.6 is 0 Å². The molecule has 1 heterocycles.